The Balaban J connectivity index is 0.000000241. The molecule has 0 bridgehead atoms. The van der Waals surface area contributed by atoms with Crippen molar-refractivity contribution in [1.82, 2.24) is 58.9 Å². The van der Waals surface area contributed by atoms with Crippen molar-refractivity contribution < 1.29 is 43.1 Å². The average Bonchev–Trinajstić information content (AvgIpc) is 4.18. The van der Waals surface area contributed by atoms with Gasteiger partial charge in [-0.1, -0.05) is 84.1 Å². The Bertz CT molecular complexity index is 3210. The third-order valence-corrected chi connectivity index (χ3v) is 12.8. The van der Waals surface area contributed by atoms with E-state index in [0.29, 0.717) is 28.8 Å². The molecular weight excluding hydrogens is 932 g/mol. The van der Waals surface area contributed by atoms with Crippen molar-refractivity contribution in [2.75, 3.05) is 28.4 Å². The van der Waals surface area contributed by atoms with E-state index in [9.17, 15) is 8.42 Å². The maximum atomic E-state index is 13.5. The fourth-order valence-electron chi connectivity index (χ4n) is 8.07. The second kappa shape index (κ2) is 22.9. The van der Waals surface area contributed by atoms with Crippen LogP contribution >= 0.6 is 27.0 Å². The summed E-state index contributed by atoms with van der Waals surface area (Å²) < 4.78 is 31.5. The van der Waals surface area contributed by atoms with Gasteiger partial charge < -0.3 is 31.4 Å². The second-order valence-electron chi connectivity index (χ2n) is 15.4. The molecule has 0 radical (unpaired) electrons. The summed E-state index contributed by atoms with van der Waals surface area (Å²) in [6.07, 6.45) is 10.9. The number of benzene rings is 3. The van der Waals surface area contributed by atoms with Crippen LogP contribution in [0, 0.1) is 6.92 Å². The van der Waals surface area contributed by atoms with Gasteiger partial charge in [-0.2, -0.15) is 54.0 Å². The number of anilines is 6. The van der Waals surface area contributed by atoms with Gasteiger partial charge in [0, 0.05) is 26.5 Å². The van der Waals surface area contributed by atoms with Crippen molar-refractivity contribution in [3.63, 3.8) is 0 Å². The summed E-state index contributed by atoms with van der Waals surface area (Å²) in [4.78, 5) is 21.8. The van der Waals surface area contributed by atoms with Gasteiger partial charge in [-0.25, -0.2) is 12.4 Å². The van der Waals surface area contributed by atoms with Crippen molar-refractivity contribution in [3.05, 3.63) is 138 Å². The predicted octanol–water partition coefficient (Wildman–Crippen LogP) is 3.72. The molecule has 2 atom stereocenters. The van der Waals surface area contributed by atoms with Crippen LogP contribution in [0.1, 0.15) is 60.2 Å². The molecule has 0 saturated heterocycles. The molecule has 68 heavy (non-hydrogen) atoms. The Hall–Kier alpha value is -6.01. The molecule has 0 unspecified atom stereocenters. The molecule has 2 aliphatic carbocycles. The number of hydrogen-bond donors (Lipinski definition) is 5. The molecule has 2 aliphatic rings. The molecule has 11 rings (SSSR count). The van der Waals surface area contributed by atoms with Gasteiger partial charge >= 0.3 is 29.6 Å². The van der Waals surface area contributed by atoms with E-state index in [0.717, 1.165) is 55.2 Å². The standard InChI is InChI=1S/C25H24N8O2S.C18H18N8.CH3O.CH4.Na.2H2S/c1-16-7-10-18(11-8-16)36(34,35)33-14-13-20-23(26-21-12-9-17-5-3-4-6-19(17)21)28-25(29-24(20)33)27-22-15-32(2)31-30-22;1-26-10-15(24-25-26)21-18-22-16-13(8-9-19-16)17(23-18)20-14-7-6-11-4-2-3-5-12(11)14;1-2;;;;/h3-8,10-11,13-15,21H,9,12H2,1-2H3,(H2,26,27,28,29);2-5,8-10,14H,6-7H2,1H3,(H3,19,20,21,22,23);1H3;1H4;;2*1H2/q;;-1;;+1;;/t21-;14-;;;;;/m00...../s1. The largest absolute Gasteiger partial charge is 1.00 e. The SMILES string of the molecule is C.C[O-].Cc1ccc(S(=O)(=O)n2ccc3c(N[C@H]4CCc5ccccc54)nc(Nc4cn(C)nn4)nc32)cc1.Cn1cc(Nc2nc(N[C@H]3CCc4ccccc43)c3cc[nH]c3n2)nn1.S.S.[Na+]. The van der Waals surface area contributed by atoms with Gasteiger partial charge in [0.25, 0.3) is 10.0 Å². The summed E-state index contributed by atoms with van der Waals surface area (Å²) in [5.41, 5.74) is 7.30. The first-order valence-corrected chi connectivity index (χ1v) is 22.0. The van der Waals surface area contributed by atoms with Gasteiger partial charge in [-0.3, -0.25) is 9.36 Å². The predicted molar refractivity (Wildman–Crippen MR) is 269 cm³/mol. The molecule has 350 valence electrons. The molecule has 0 amide bonds. The first-order valence-electron chi connectivity index (χ1n) is 20.6. The maximum Gasteiger partial charge on any atom is 1.00 e. The number of aryl methyl sites for hydroxylation is 5. The van der Waals surface area contributed by atoms with Crippen molar-refractivity contribution in [3.8, 4) is 0 Å². The van der Waals surface area contributed by atoms with Crippen LogP contribution in [0.2, 0.25) is 0 Å². The summed E-state index contributed by atoms with van der Waals surface area (Å²) in [6, 6.07) is 27.7. The molecule has 6 heterocycles. The van der Waals surface area contributed by atoms with Gasteiger partial charge in [0.05, 0.1) is 40.1 Å². The van der Waals surface area contributed by atoms with E-state index in [4.69, 9.17) is 10.1 Å². The third kappa shape index (κ3) is 11.1. The van der Waals surface area contributed by atoms with E-state index >= 15 is 0 Å². The van der Waals surface area contributed by atoms with E-state index in [1.807, 2.05) is 38.4 Å². The van der Waals surface area contributed by atoms with Crippen LogP contribution < -0.4 is 55.9 Å². The smallest absolute Gasteiger partial charge is 0.857 e. The molecule has 0 spiro atoms. The molecule has 9 aromatic rings. The number of nitrogens with zero attached hydrogens (tertiary/aromatic N) is 11. The molecular formula is C45H53N16NaO3S3. The van der Waals surface area contributed by atoms with Gasteiger partial charge in [-0.05, 0) is 79.1 Å². The summed E-state index contributed by atoms with van der Waals surface area (Å²) in [5.74, 6) is 3.12. The summed E-state index contributed by atoms with van der Waals surface area (Å²) in [6.45, 7) is 1.91. The monoisotopic (exact) mass is 984 g/mol. The van der Waals surface area contributed by atoms with Crippen molar-refractivity contribution in [2.45, 2.75) is 57.0 Å². The van der Waals surface area contributed by atoms with Crippen LogP contribution in [-0.4, -0.2) is 74.4 Å². The molecule has 0 fully saturated rings. The Labute approximate surface area is 430 Å². The number of aromatic amines is 1. The number of rotatable bonds is 10. The van der Waals surface area contributed by atoms with Crippen molar-refractivity contribution in [1.29, 1.82) is 0 Å². The quantitative estimate of drug-likeness (QED) is 0.123. The fourth-order valence-corrected chi connectivity index (χ4v) is 9.36. The van der Waals surface area contributed by atoms with Crippen LogP contribution in [0.25, 0.3) is 22.1 Å². The van der Waals surface area contributed by atoms with Crippen LogP contribution in [0.15, 0.2) is 115 Å². The Morgan fingerprint density at radius 3 is 1.72 bits per heavy atom. The Morgan fingerprint density at radius 2 is 1.19 bits per heavy atom. The van der Waals surface area contributed by atoms with Crippen LogP contribution in [0.4, 0.5) is 35.2 Å². The van der Waals surface area contributed by atoms with Crippen molar-refractivity contribution >= 4 is 94.2 Å². The zero-order valence-electron chi connectivity index (χ0n) is 37.4. The number of fused-ring (bicyclic) bond motifs is 4. The summed E-state index contributed by atoms with van der Waals surface area (Å²) in [7, 11) is 0.445. The molecule has 23 heteroatoms. The molecule has 19 nitrogen and oxygen atoms in total. The minimum absolute atomic E-state index is 0. The van der Waals surface area contributed by atoms with Crippen molar-refractivity contribution in [2.24, 2.45) is 14.1 Å². The van der Waals surface area contributed by atoms with Gasteiger partial charge in [-0.15, -0.1) is 10.2 Å². The van der Waals surface area contributed by atoms with E-state index < -0.39 is 10.0 Å². The van der Waals surface area contributed by atoms with Gasteiger partial charge in [0.2, 0.25) is 11.9 Å². The minimum atomic E-state index is -3.88. The Kier molecular flexibility index (Phi) is 17.8. The average molecular weight is 985 g/mol. The number of aromatic nitrogens is 12. The molecule has 6 aromatic heterocycles. The van der Waals surface area contributed by atoms with Gasteiger partial charge in [0.1, 0.15) is 17.3 Å². The third-order valence-electron chi connectivity index (χ3n) is 11.1. The van der Waals surface area contributed by atoms with E-state index in [1.54, 1.807) is 59.1 Å². The molecule has 5 N–H and O–H groups in total. The molecule has 0 aliphatic heterocycles. The fraction of sp³-hybridized carbons (Fsp3) is 0.244. The van der Waals surface area contributed by atoms with Crippen LogP contribution in [-0.2, 0) is 37.0 Å². The zero-order chi connectivity index (χ0) is 44.4. The Morgan fingerprint density at radius 1 is 0.676 bits per heavy atom. The topological polar surface area (TPSA) is 239 Å². The molecule has 0 saturated carbocycles. The minimum Gasteiger partial charge on any atom is -0.857 e. The van der Waals surface area contributed by atoms with Crippen LogP contribution in [0.3, 0.4) is 0 Å². The molecule has 3 aromatic carbocycles. The van der Waals surface area contributed by atoms with E-state index in [-0.39, 0.29) is 92.6 Å². The van der Waals surface area contributed by atoms with E-state index in [1.165, 1.54) is 32.4 Å². The normalized spacial score (nSPS) is 14.2. The van der Waals surface area contributed by atoms with E-state index in [2.05, 4.69) is 98.2 Å². The second-order valence-corrected chi connectivity index (χ2v) is 17.2. The first-order chi connectivity index (χ1) is 31.1. The van der Waals surface area contributed by atoms with Gasteiger partial charge in [0.15, 0.2) is 17.3 Å². The number of hydrogen-bond acceptors (Lipinski definition) is 15. The zero-order valence-corrected chi connectivity index (χ0v) is 42.2. The van der Waals surface area contributed by atoms with Crippen LogP contribution in [0.5, 0.6) is 0 Å². The summed E-state index contributed by atoms with van der Waals surface area (Å²) >= 11 is 0. The first kappa shape index (κ1) is 53.0. The number of H-pyrrole nitrogens is 1. The number of nitrogens with one attached hydrogen (secondary N) is 5. The summed E-state index contributed by atoms with van der Waals surface area (Å²) in [5, 5.41) is 39.1. The maximum absolute atomic E-state index is 13.5.